The van der Waals surface area contributed by atoms with Crippen molar-refractivity contribution in [2.45, 2.75) is 32.1 Å². The topological polar surface area (TPSA) is 71.9 Å². The Bertz CT molecular complexity index is 1170. The average molecular weight is 596 g/mol. The van der Waals surface area contributed by atoms with Gasteiger partial charge in [-0.3, -0.25) is 4.79 Å². The third-order valence-corrected chi connectivity index (χ3v) is 7.18. The third kappa shape index (κ3) is 9.71. The molecule has 1 aliphatic heterocycles. The van der Waals surface area contributed by atoms with Crippen molar-refractivity contribution in [3.8, 4) is 0 Å². The Hall–Kier alpha value is -2.42. The van der Waals surface area contributed by atoms with Crippen LogP contribution in [0.2, 0.25) is 15.2 Å². The van der Waals surface area contributed by atoms with Crippen molar-refractivity contribution < 1.29 is 9.90 Å². The molecular formula is C28H33Cl3N4O2S. The lowest BCUT2D eigenvalue weighted by Gasteiger charge is -2.23. The summed E-state index contributed by atoms with van der Waals surface area (Å²) in [5, 5.41) is 16.9. The lowest BCUT2D eigenvalue weighted by Crippen LogP contribution is -2.33. The van der Waals surface area contributed by atoms with E-state index in [9.17, 15) is 4.79 Å². The minimum absolute atomic E-state index is 0.0110. The van der Waals surface area contributed by atoms with Gasteiger partial charge in [-0.15, -0.1) is 24.9 Å². The molecule has 0 bridgehead atoms. The molecule has 0 radical (unpaired) electrons. The Morgan fingerprint density at radius 2 is 1.97 bits per heavy atom. The zero-order valence-corrected chi connectivity index (χ0v) is 24.6. The second-order valence-corrected chi connectivity index (χ2v) is 10.4. The highest BCUT2D eigenvalue weighted by atomic mass is 35.5. The number of hydrazone groups is 1. The fourth-order valence-corrected chi connectivity index (χ4v) is 5.39. The second kappa shape index (κ2) is 16.5. The monoisotopic (exact) mass is 594 g/mol. The number of aliphatic hydroxyl groups excluding tert-OH is 1. The van der Waals surface area contributed by atoms with Crippen LogP contribution >= 0.6 is 46.6 Å². The Kier molecular flexibility index (Phi) is 13.8. The Labute approximate surface area is 244 Å². The van der Waals surface area contributed by atoms with Gasteiger partial charge in [-0.1, -0.05) is 65.5 Å². The maximum absolute atomic E-state index is 12.6. The highest BCUT2D eigenvalue weighted by Gasteiger charge is 2.29. The summed E-state index contributed by atoms with van der Waals surface area (Å²) in [6, 6.07) is 8.83. The summed E-state index contributed by atoms with van der Waals surface area (Å²) < 4.78 is 0. The molecular weight excluding hydrogens is 563 g/mol. The number of amides is 1. The van der Waals surface area contributed by atoms with Crippen LogP contribution in [0.5, 0.6) is 0 Å². The number of halogens is 3. The quantitative estimate of drug-likeness (QED) is 0.121. The minimum Gasteiger partial charge on any atom is -0.392 e. The molecule has 2 aromatic rings. The number of aromatic amines is 1. The van der Waals surface area contributed by atoms with Gasteiger partial charge in [0.25, 0.3) is 0 Å². The minimum atomic E-state index is -0.144. The Morgan fingerprint density at radius 3 is 2.58 bits per heavy atom. The zero-order valence-electron chi connectivity index (χ0n) is 21.5. The molecule has 1 saturated heterocycles. The maximum atomic E-state index is 12.6. The fourth-order valence-electron chi connectivity index (χ4n) is 3.65. The van der Waals surface area contributed by atoms with Crippen molar-refractivity contribution in [1.82, 2.24) is 9.88 Å². The number of benzene rings is 1. The molecule has 2 heterocycles. The van der Waals surface area contributed by atoms with Crippen molar-refractivity contribution >= 4 is 63.9 Å². The molecule has 1 unspecified atom stereocenters. The molecule has 1 aromatic heterocycles. The van der Waals surface area contributed by atoms with E-state index in [0.717, 1.165) is 17.7 Å². The van der Waals surface area contributed by atoms with Gasteiger partial charge in [0.05, 0.1) is 34.8 Å². The molecule has 1 aliphatic rings. The molecule has 2 N–H and O–H groups in total. The van der Waals surface area contributed by atoms with E-state index >= 15 is 0 Å². The first-order valence-electron chi connectivity index (χ1n) is 12.0. The smallest absolute Gasteiger partial charge is 0.233 e. The van der Waals surface area contributed by atoms with Gasteiger partial charge in [0, 0.05) is 22.8 Å². The van der Waals surface area contributed by atoms with Crippen molar-refractivity contribution in [3.05, 3.63) is 100 Å². The van der Waals surface area contributed by atoms with Crippen LogP contribution in [0.3, 0.4) is 0 Å². The largest absolute Gasteiger partial charge is 0.392 e. The first-order valence-corrected chi connectivity index (χ1v) is 14.2. The molecule has 0 saturated carbocycles. The van der Waals surface area contributed by atoms with Crippen LogP contribution in [0.4, 0.5) is 5.69 Å². The van der Waals surface area contributed by atoms with E-state index in [0.29, 0.717) is 45.3 Å². The molecule has 3 rings (SSSR count). The first kappa shape index (κ1) is 31.8. The second-order valence-electron chi connectivity index (χ2n) is 8.03. The van der Waals surface area contributed by atoms with E-state index < -0.39 is 0 Å². The lowest BCUT2D eigenvalue weighted by atomic mass is 10.1. The molecule has 0 spiro atoms. The van der Waals surface area contributed by atoms with E-state index in [1.165, 1.54) is 0 Å². The number of hydrogen-bond donors (Lipinski definition) is 2. The molecule has 1 fully saturated rings. The van der Waals surface area contributed by atoms with E-state index in [2.05, 4.69) is 31.1 Å². The number of hydrogen-bond acceptors (Lipinski definition) is 5. The van der Waals surface area contributed by atoms with Crippen LogP contribution in [0.1, 0.15) is 32.4 Å². The molecule has 1 amide bonds. The van der Waals surface area contributed by atoms with Gasteiger partial charge in [-0.05, 0) is 56.2 Å². The molecule has 1 aromatic carbocycles. The number of aliphatic hydroxyl groups is 1. The summed E-state index contributed by atoms with van der Waals surface area (Å²) in [6.45, 7) is 10.5. The van der Waals surface area contributed by atoms with E-state index in [-0.39, 0.29) is 17.9 Å². The predicted molar refractivity (Wildman–Crippen MR) is 165 cm³/mol. The van der Waals surface area contributed by atoms with Crippen molar-refractivity contribution in [1.29, 1.82) is 0 Å². The number of thioether (sulfide) groups is 1. The van der Waals surface area contributed by atoms with Crippen molar-refractivity contribution in [2.75, 3.05) is 23.9 Å². The summed E-state index contributed by atoms with van der Waals surface area (Å²) in [6.07, 6.45) is 11.1. The Balaban J connectivity index is 0.00000247. The van der Waals surface area contributed by atoms with Crippen molar-refractivity contribution in [2.24, 2.45) is 5.10 Å². The number of carbonyl (C=O) groups excluding carboxylic acids is 1. The number of nitrogens with one attached hydrogen (secondary N) is 1. The van der Waals surface area contributed by atoms with Crippen LogP contribution in [0.15, 0.2) is 84.7 Å². The molecule has 204 valence electrons. The van der Waals surface area contributed by atoms with Crippen LogP contribution < -0.4 is 5.01 Å². The lowest BCUT2D eigenvalue weighted by molar-refractivity contribution is -0.127. The molecule has 1 atom stereocenters. The van der Waals surface area contributed by atoms with E-state index in [4.69, 9.17) is 45.0 Å². The standard InChI is InChI=1S/C26H29Cl3N4O2S.C2H4/c1-3-5-19(6-4-13-34)9-11-32-25(35)17-36-26(32)10-12-33(22-15-20(27)14-21(28)16-22)31-18(2)23-7-8-24(29)30-23;1-2/h4-8,10,12,14-16,26,30,34H,3,9,11,13,17H2,1-2H3;1-2H2/b6-4-,12-10+,19-5+,31-18+;. The number of nitrogens with zero attached hydrogens (tertiary/aromatic N) is 3. The van der Waals surface area contributed by atoms with Crippen LogP contribution in [0, 0.1) is 0 Å². The van der Waals surface area contributed by atoms with Gasteiger partial charge in [-0.25, -0.2) is 5.01 Å². The zero-order chi connectivity index (χ0) is 28.1. The maximum Gasteiger partial charge on any atom is 0.233 e. The molecule has 0 aliphatic carbocycles. The summed E-state index contributed by atoms with van der Waals surface area (Å²) in [5.41, 5.74) is 3.27. The van der Waals surface area contributed by atoms with E-state index in [1.807, 2.05) is 36.2 Å². The summed E-state index contributed by atoms with van der Waals surface area (Å²) in [5.74, 6) is 0.510. The fraction of sp³-hybridized carbons (Fsp3) is 0.286. The van der Waals surface area contributed by atoms with Crippen LogP contribution in [-0.2, 0) is 4.79 Å². The molecule has 38 heavy (non-hydrogen) atoms. The number of aromatic nitrogens is 1. The van der Waals surface area contributed by atoms with Gasteiger partial charge >= 0.3 is 0 Å². The highest BCUT2D eigenvalue weighted by Crippen LogP contribution is 2.30. The third-order valence-electron chi connectivity index (χ3n) is 5.35. The first-order chi connectivity index (χ1) is 18.3. The number of H-pyrrole nitrogens is 1. The van der Waals surface area contributed by atoms with Crippen LogP contribution in [-0.4, -0.2) is 50.9 Å². The van der Waals surface area contributed by atoms with Crippen molar-refractivity contribution in [3.63, 3.8) is 0 Å². The van der Waals surface area contributed by atoms with E-state index in [1.54, 1.807) is 47.1 Å². The summed E-state index contributed by atoms with van der Waals surface area (Å²) in [4.78, 5) is 17.6. The van der Waals surface area contributed by atoms with Gasteiger partial charge < -0.3 is 15.0 Å². The highest BCUT2D eigenvalue weighted by molar-refractivity contribution is 8.01. The van der Waals surface area contributed by atoms with Gasteiger partial charge in [0.15, 0.2) is 0 Å². The van der Waals surface area contributed by atoms with Gasteiger partial charge in [-0.2, -0.15) is 5.10 Å². The van der Waals surface area contributed by atoms with Gasteiger partial charge in [0.1, 0.15) is 5.15 Å². The predicted octanol–water partition coefficient (Wildman–Crippen LogP) is 7.70. The Morgan fingerprint density at radius 1 is 1.26 bits per heavy atom. The number of rotatable bonds is 11. The number of allylic oxidation sites excluding steroid dienone is 2. The van der Waals surface area contributed by atoms with Crippen LogP contribution in [0.25, 0.3) is 0 Å². The number of anilines is 1. The molecule has 6 nitrogen and oxygen atoms in total. The summed E-state index contributed by atoms with van der Waals surface area (Å²) in [7, 11) is 0. The number of carbonyl (C=O) groups is 1. The average Bonchev–Trinajstić information content (AvgIpc) is 3.49. The SMILES string of the molecule is C=C.CC/C=C(\C=C/CO)CCN1C(=O)CSC1/C=C/N(/N=C(\C)c1ccc(Cl)[nH]1)c1cc(Cl)cc(Cl)c1. The molecule has 10 heteroatoms. The summed E-state index contributed by atoms with van der Waals surface area (Å²) >= 11 is 20.1. The van der Waals surface area contributed by atoms with Gasteiger partial charge in [0.2, 0.25) is 5.91 Å². The normalized spacial score (nSPS) is 16.4.